The first-order valence-electron chi connectivity index (χ1n) is 7.84. The van der Waals surface area contributed by atoms with Crippen LogP contribution in [0.3, 0.4) is 0 Å². The van der Waals surface area contributed by atoms with Crippen LogP contribution >= 0.6 is 0 Å². The predicted molar refractivity (Wildman–Crippen MR) is 87.2 cm³/mol. The van der Waals surface area contributed by atoms with Crippen molar-refractivity contribution in [1.82, 2.24) is 9.88 Å². The first kappa shape index (κ1) is 14.1. The number of likely N-dealkylation sites (tertiary alicyclic amines) is 1. The third-order valence-electron chi connectivity index (χ3n) is 4.12. The third-order valence-corrected chi connectivity index (χ3v) is 4.12. The van der Waals surface area contributed by atoms with Crippen LogP contribution in [-0.2, 0) is 6.54 Å². The number of hydrogen-bond donors (Lipinski definition) is 1. The van der Waals surface area contributed by atoms with E-state index in [9.17, 15) is 0 Å². The average Bonchev–Trinajstić information content (AvgIpc) is 2.98. The number of anilines is 1. The molecular formula is C18H23N3. The van der Waals surface area contributed by atoms with E-state index in [4.69, 9.17) is 0 Å². The Morgan fingerprint density at radius 1 is 1.19 bits per heavy atom. The molecule has 3 heteroatoms. The van der Waals surface area contributed by atoms with Crippen molar-refractivity contribution in [2.45, 2.75) is 32.4 Å². The van der Waals surface area contributed by atoms with Gasteiger partial charge in [-0.2, -0.15) is 0 Å². The van der Waals surface area contributed by atoms with Crippen LogP contribution < -0.4 is 5.32 Å². The number of nitrogens with zero attached hydrogens (tertiary/aromatic N) is 2. The molecule has 0 radical (unpaired) electrons. The fourth-order valence-electron chi connectivity index (χ4n) is 3.10. The SMILES string of the molecule is CCNc1ccc([C@@H]2CCCN2Cc2ccccc2)cn1. The molecular weight excluding hydrogens is 258 g/mol. The molecule has 0 unspecified atom stereocenters. The lowest BCUT2D eigenvalue weighted by Crippen LogP contribution is -2.22. The molecule has 0 bridgehead atoms. The van der Waals surface area contributed by atoms with Gasteiger partial charge in [-0.1, -0.05) is 36.4 Å². The molecule has 0 aliphatic carbocycles. The molecule has 1 saturated heterocycles. The highest BCUT2D eigenvalue weighted by Crippen LogP contribution is 2.33. The van der Waals surface area contributed by atoms with Gasteiger partial charge >= 0.3 is 0 Å². The van der Waals surface area contributed by atoms with Crippen molar-refractivity contribution in [3.05, 3.63) is 59.8 Å². The molecule has 21 heavy (non-hydrogen) atoms. The van der Waals surface area contributed by atoms with Gasteiger partial charge in [0.25, 0.3) is 0 Å². The number of pyridine rings is 1. The van der Waals surface area contributed by atoms with Gasteiger partial charge in [0.05, 0.1) is 0 Å². The van der Waals surface area contributed by atoms with Gasteiger partial charge in [0, 0.05) is 25.3 Å². The average molecular weight is 281 g/mol. The fraction of sp³-hybridized carbons (Fsp3) is 0.389. The van der Waals surface area contributed by atoms with E-state index in [1.165, 1.54) is 30.5 Å². The number of rotatable bonds is 5. The molecule has 1 fully saturated rings. The van der Waals surface area contributed by atoms with Crippen LogP contribution in [0.5, 0.6) is 0 Å². The Hall–Kier alpha value is -1.87. The molecule has 1 aromatic carbocycles. The summed E-state index contributed by atoms with van der Waals surface area (Å²) >= 11 is 0. The molecule has 2 aromatic rings. The molecule has 1 aliphatic heterocycles. The zero-order valence-electron chi connectivity index (χ0n) is 12.6. The van der Waals surface area contributed by atoms with E-state index in [1.54, 1.807) is 0 Å². The zero-order valence-corrected chi connectivity index (χ0v) is 12.6. The minimum Gasteiger partial charge on any atom is -0.370 e. The van der Waals surface area contributed by atoms with Crippen molar-refractivity contribution in [3.63, 3.8) is 0 Å². The highest BCUT2D eigenvalue weighted by atomic mass is 15.2. The second-order valence-corrected chi connectivity index (χ2v) is 5.62. The third kappa shape index (κ3) is 3.42. The molecule has 1 aromatic heterocycles. The normalized spacial score (nSPS) is 18.8. The smallest absolute Gasteiger partial charge is 0.125 e. The van der Waals surface area contributed by atoms with Gasteiger partial charge in [0.1, 0.15) is 5.82 Å². The lowest BCUT2D eigenvalue weighted by molar-refractivity contribution is 0.248. The van der Waals surface area contributed by atoms with E-state index in [0.29, 0.717) is 6.04 Å². The van der Waals surface area contributed by atoms with Crippen LogP contribution in [0.15, 0.2) is 48.7 Å². The van der Waals surface area contributed by atoms with Gasteiger partial charge in [-0.15, -0.1) is 0 Å². The predicted octanol–water partition coefficient (Wildman–Crippen LogP) is 3.85. The monoisotopic (exact) mass is 281 g/mol. The second-order valence-electron chi connectivity index (χ2n) is 5.62. The summed E-state index contributed by atoms with van der Waals surface area (Å²) in [7, 11) is 0. The van der Waals surface area contributed by atoms with Crippen molar-refractivity contribution in [3.8, 4) is 0 Å². The zero-order chi connectivity index (χ0) is 14.5. The molecule has 0 amide bonds. The number of hydrogen-bond acceptors (Lipinski definition) is 3. The minimum atomic E-state index is 0.508. The Labute approximate surface area is 127 Å². The molecule has 2 heterocycles. The van der Waals surface area contributed by atoms with Crippen LogP contribution in [0.4, 0.5) is 5.82 Å². The Bertz CT molecular complexity index is 550. The first-order chi connectivity index (χ1) is 10.4. The maximum Gasteiger partial charge on any atom is 0.125 e. The van der Waals surface area contributed by atoms with Crippen LogP contribution in [-0.4, -0.2) is 23.0 Å². The van der Waals surface area contributed by atoms with E-state index in [1.807, 2.05) is 6.20 Å². The van der Waals surface area contributed by atoms with Crippen LogP contribution in [0.1, 0.15) is 36.9 Å². The van der Waals surface area contributed by atoms with Crippen LogP contribution in [0, 0.1) is 0 Å². The topological polar surface area (TPSA) is 28.2 Å². The van der Waals surface area contributed by atoms with Crippen LogP contribution in [0.25, 0.3) is 0 Å². The molecule has 1 N–H and O–H groups in total. The Kier molecular flexibility index (Phi) is 4.51. The fourth-order valence-corrected chi connectivity index (χ4v) is 3.10. The Morgan fingerprint density at radius 3 is 2.76 bits per heavy atom. The maximum atomic E-state index is 4.52. The summed E-state index contributed by atoms with van der Waals surface area (Å²) in [5.41, 5.74) is 2.73. The molecule has 1 aliphatic rings. The summed E-state index contributed by atoms with van der Waals surface area (Å²) in [6.07, 6.45) is 4.54. The van der Waals surface area contributed by atoms with Gasteiger partial charge in [-0.3, -0.25) is 4.90 Å². The highest BCUT2D eigenvalue weighted by molar-refractivity contribution is 5.36. The summed E-state index contributed by atoms with van der Waals surface area (Å²) < 4.78 is 0. The van der Waals surface area contributed by atoms with Crippen LogP contribution in [0.2, 0.25) is 0 Å². The first-order valence-corrected chi connectivity index (χ1v) is 7.84. The van der Waals surface area contributed by atoms with Gasteiger partial charge in [-0.25, -0.2) is 4.98 Å². The van der Waals surface area contributed by atoms with Crippen molar-refractivity contribution in [1.29, 1.82) is 0 Å². The lowest BCUT2D eigenvalue weighted by atomic mass is 10.1. The van der Waals surface area contributed by atoms with Gasteiger partial charge in [-0.05, 0) is 43.5 Å². The van der Waals surface area contributed by atoms with E-state index < -0.39 is 0 Å². The second kappa shape index (κ2) is 6.72. The van der Waals surface area contributed by atoms with Crippen molar-refractivity contribution in [2.24, 2.45) is 0 Å². The summed E-state index contributed by atoms with van der Waals surface area (Å²) in [4.78, 5) is 7.09. The number of benzene rings is 1. The van der Waals surface area contributed by atoms with Gasteiger partial charge < -0.3 is 5.32 Å². The van der Waals surface area contributed by atoms with E-state index in [0.717, 1.165) is 18.9 Å². The van der Waals surface area contributed by atoms with Crippen molar-refractivity contribution in [2.75, 3.05) is 18.4 Å². The Balaban J connectivity index is 1.71. The number of nitrogens with one attached hydrogen (secondary N) is 1. The maximum absolute atomic E-state index is 4.52. The van der Waals surface area contributed by atoms with E-state index >= 15 is 0 Å². The Morgan fingerprint density at radius 2 is 2.05 bits per heavy atom. The summed E-state index contributed by atoms with van der Waals surface area (Å²) in [6.45, 7) is 5.21. The number of aromatic nitrogens is 1. The van der Waals surface area contributed by atoms with Crippen molar-refractivity contribution >= 4 is 5.82 Å². The summed E-state index contributed by atoms with van der Waals surface area (Å²) in [5.74, 6) is 0.967. The molecule has 110 valence electrons. The summed E-state index contributed by atoms with van der Waals surface area (Å²) in [5, 5.41) is 3.25. The lowest BCUT2D eigenvalue weighted by Gasteiger charge is -2.24. The standard InChI is InChI=1S/C18H23N3/c1-2-19-18-11-10-16(13-20-18)17-9-6-12-21(17)14-15-7-4-3-5-8-15/h3-5,7-8,10-11,13,17H,2,6,9,12,14H2,1H3,(H,19,20)/t17-/m0/s1. The highest BCUT2D eigenvalue weighted by Gasteiger charge is 2.26. The molecule has 3 rings (SSSR count). The van der Waals surface area contributed by atoms with Gasteiger partial charge in [0.2, 0.25) is 0 Å². The summed E-state index contributed by atoms with van der Waals surface area (Å²) in [6, 6.07) is 15.6. The molecule has 1 atom stereocenters. The minimum absolute atomic E-state index is 0.508. The molecule has 0 saturated carbocycles. The quantitative estimate of drug-likeness (QED) is 0.902. The van der Waals surface area contributed by atoms with E-state index in [2.05, 4.69) is 64.6 Å². The van der Waals surface area contributed by atoms with E-state index in [-0.39, 0.29) is 0 Å². The molecule has 3 nitrogen and oxygen atoms in total. The largest absolute Gasteiger partial charge is 0.370 e. The molecule has 0 spiro atoms. The van der Waals surface area contributed by atoms with Gasteiger partial charge in [0.15, 0.2) is 0 Å². The van der Waals surface area contributed by atoms with Crippen molar-refractivity contribution < 1.29 is 0 Å².